The summed E-state index contributed by atoms with van der Waals surface area (Å²) in [6.07, 6.45) is 5.14. The predicted molar refractivity (Wildman–Crippen MR) is 197 cm³/mol. The quantitative estimate of drug-likeness (QED) is 0.297. The minimum absolute atomic E-state index is 0.0955. The van der Waals surface area contributed by atoms with E-state index in [1.165, 1.54) is 4.90 Å². The molecule has 272 valence electrons. The first-order valence-electron chi connectivity index (χ1n) is 17.9. The Balaban J connectivity index is 1.47. The molecule has 3 amide bonds. The third kappa shape index (κ3) is 6.73. The Hall–Kier alpha value is -4.00. The van der Waals surface area contributed by atoms with Crippen molar-refractivity contribution in [3.8, 4) is 0 Å². The number of rotatable bonds is 8. The van der Waals surface area contributed by atoms with E-state index in [4.69, 9.17) is 9.47 Å². The second kappa shape index (κ2) is 15.3. The standard InChI is InChI=1S/C39H47BrN4O7/c1-5-42(6-2)26-16-18-27(19-17-26)43-20-12-8-11-15-31(46)50-23-29(25-13-9-7-10-14-25)41-36(47)32-33-37(48)44(30(22-45)24(3)4)35(38(43)49)39(33)21-28(40)34(32)51-39/h7-10,12-14,16-19,21,24,29-30,32-35,45H,5-6,11,15,20,22-23H2,1-4H3,(H,41,47)/b12-8-/t29-,30+,32-,33+,34-,35-,39+/m1/s1. The van der Waals surface area contributed by atoms with Crippen LogP contribution in [0.5, 0.6) is 0 Å². The maximum atomic E-state index is 15.2. The first-order valence-corrected chi connectivity index (χ1v) is 18.7. The average molecular weight is 764 g/mol. The van der Waals surface area contributed by atoms with Crippen LogP contribution in [0.1, 0.15) is 52.1 Å². The molecule has 2 N–H and O–H groups in total. The van der Waals surface area contributed by atoms with Crippen molar-refractivity contribution in [3.63, 3.8) is 0 Å². The van der Waals surface area contributed by atoms with Crippen LogP contribution < -0.4 is 15.1 Å². The number of amides is 3. The number of carbonyl (C=O) groups is 4. The zero-order valence-corrected chi connectivity index (χ0v) is 31.1. The fourth-order valence-electron chi connectivity index (χ4n) is 8.04. The summed E-state index contributed by atoms with van der Waals surface area (Å²) in [6.45, 7) is 9.29. The fourth-order valence-corrected chi connectivity index (χ4v) is 8.77. The molecule has 2 fully saturated rings. The molecule has 0 aromatic heterocycles. The highest BCUT2D eigenvalue weighted by molar-refractivity contribution is 9.11. The van der Waals surface area contributed by atoms with Gasteiger partial charge < -0.3 is 34.6 Å². The summed E-state index contributed by atoms with van der Waals surface area (Å²) in [7, 11) is 0. The third-order valence-electron chi connectivity index (χ3n) is 10.7. The number of halogens is 1. The van der Waals surface area contributed by atoms with E-state index in [0.717, 1.165) is 24.3 Å². The van der Waals surface area contributed by atoms with Crippen LogP contribution in [0.25, 0.3) is 0 Å². The van der Waals surface area contributed by atoms with Gasteiger partial charge in [-0.25, -0.2) is 0 Å². The molecule has 11 nitrogen and oxygen atoms in total. The normalized spacial score (nSPS) is 29.5. The number of allylic oxidation sites excluding steroid dienone is 1. The van der Waals surface area contributed by atoms with Gasteiger partial charge in [0.25, 0.3) is 5.91 Å². The average Bonchev–Trinajstić information content (AvgIpc) is 3.72. The van der Waals surface area contributed by atoms with Crippen LogP contribution in [-0.2, 0) is 28.7 Å². The number of hydrogen-bond donors (Lipinski definition) is 2. The van der Waals surface area contributed by atoms with Crippen LogP contribution in [0.2, 0.25) is 0 Å². The number of ether oxygens (including phenoxy) is 2. The first-order chi connectivity index (χ1) is 24.6. The molecule has 0 unspecified atom stereocenters. The van der Waals surface area contributed by atoms with Gasteiger partial charge in [0.15, 0.2) is 0 Å². The van der Waals surface area contributed by atoms with Gasteiger partial charge in [-0.1, -0.05) is 72.3 Å². The molecule has 6 rings (SSSR count). The summed E-state index contributed by atoms with van der Waals surface area (Å²) < 4.78 is 12.9. The van der Waals surface area contributed by atoms with Crippen LogP contribution in [0.4, 0.5) is 11.4 Å². The second-order valence-corrected chi connectivity index (χ2v) is 14.8. The smallest absolute Gasteiger partial charge is 0.306 e. The highest BCUT2D eigenvalue weighted by Gasteiger charge is 2.75. The number of carbonyl (C=O) groups excluding carboxylic acids is 4. The largest absolute Gasteiger partial charge is 0.463 e. The second-order valence-electron chi connectivity index (χ2n) is 13.9. The molecule has 0 aliphatic carbocycles. The molecule has 1 spiro atoms. The molecule has 2 saturated heterocycles. The van der Waals surface area contributed by atoms with Crippen molar-refractivity contribution < 1.29 is 33.8 Å². The summed E-state index contributed by atoms with van der Waals surface area (Å²) in [5.41, 5.74) is 0.888. The van der Waals surface area contributed by atoms with E-state index in [9.17, 15) is 19.5 Å². The van der Waals surface area contributed by atoms with Crippen LogP contribution in [-0.4, -0.2) is 90.3 Å². The highest BCUT2D eigenvalue weighted by atomic mass is 79.9. The maximum Gasteiger partial charge on any atom is 0.306 e. The van der Waals surface area contributed by atoms with Crippen molar-refractivity contribution in [2.45, 2.75) is 70.4 Å². The SMILES string of the molecule is CCN(CC)c1ccc(N2C/C=C\CCC(=O)OC[C@H](c3ccccc3)NC(=O)[C@H]3[C@@H]4O[C@@]5(C=C4Br)[C@@H]3C(=O)N([C@@H](CO)C(C)C)[C@@H]5C2=O)cc1. The van der Waals surface area contributed by atoms with Gasteiger partial charge in [-0.15, -0.1) is 0 Å². The molecule has 2 aromatic carbocycles. The summed E-state index contributed by atoms with van der Waals surface area (Å²) >= 11 is 3.63. The Morgan fingerprint density at radius 2 is 1.71 bits per heavy atom. The van der Waals surface area contributed by atoms with E-state index in [-0.39, 0.29) is 32.1 Å². The molecule has 51 heavy (non-hydrogen) atoms. The van der Waals surface area contributed by atoms with Gasteiger partial charge in [0.1, 0.15) is 24.4 Å². The molecular weight excluding hydrogens is 716 g/mol. The Morgan fingerprint density at radius 1 is 1.00 bits per heavy atom. The van der Waals surface area contributed by atoms with Crippen molar-refractivity contribution in [2.75, 3.05) is 42.6 Å². The van der Waals surface area contributed by atoms with Gasteiger partial charge in [0, 0.05) is 41.9 Å². The Bertz CT molecular complexity index is 1680. The number of nitrogens with zero attached hydrogens (tertiary/aromatic N) is 3. The van der Waals surface area contributed by atoms with E-state index in [1.54, 1.807) is 11.0 Å². The minimum Gasteiger partial charge on any atom is -0.463 e. The van der Waals surface area contributed by atoms with Gasteiger partial charge in [0.05, 0.1) is 30.5 Å². The summed E-state index contributed by atoms with van der Waals surface area (Å²) in [4.78, 5) is 62.6. The number of nitrogens with one attached hydrogen (secondary N) is 1. The van der Waals surface area contributed by atoms with E-state index in [0.29, 0.717) is 16.6 Å². The topological polar surface area (TPSA) is 129 Å². The van der Waals surface area contributed by atoms with Gasteiger partial charge in [0.2, 0.25) is 11.8 Å². The molecule has 0 saturated carbocycles. The lowest BCUT2D eigenvalue weighted by atomic mass is 9.74. The van der Waals surface area contributed by atoms with E-state index in [1.807, 2.05) is 80.6 Å². The summed E-state index contributed by atoms with van der Waals surface area (Å²) in [5, 5.41) is 13.8. The van der Waals surface area contributed by atoms with Crippen molar-refractivity contribution in [3.05, 3.63) is 82.9 Å². The molecule has 4 heterocycles. The number of benzene rings is 2. The molecule has 7 atom stereocenters. The van der Waals surface area contributed by atoms with Gasteiger partial charge >= 0.3 is 5.97 Å². The molecule has 4 aliphatic heterocycles. The molecular formula is C39H47BrN4O7. The zero-order valence-electron chi connectivity index (χ0n) is 29.5. The number of anilines is 2. The van der Waals surface area contributed by atoms with Gasteiger partial charge in [-0.3, -0.25) is 19.2 Å². The monoisotopic (exact) mass is 762 g/mol. The lowest BCUT2D eigenvalue weighted by molar-refractivity contribution is -0.147. The summed E-state index contributed by atoms with van der Waals surface area (Å²) in [6, 6.07) is 14.4. The lowest BCUT2D eigenvalue weighted by Crippen LogP contribution is -2.59. The van der Waals surface area contributed by atoms with E-state index < -0.39 is 65.4 Å². The zero-order chi connectivity index (χ0) is 36.4. The molecule has 12 heteroatoms. The van der Waals surface area contributed by atoms with Crippen LogP contribution in [0.15, 0.2) is 77.3 Å². The maximum absolute atomic E-state index is 15.2. The number of aliphatic hydroxyl groups is 1. The molecule has 2 aromatic rings. The van der Waals surface area contributed by atoms with Crippen molar-refractivity contribution in [1.29, 1.82) is 0 Å². The predicted octanol–water partition coefficient (Wildman–Crippen LogP) is 4.51. The minimum atomic E-state index is -1.48. The van der Waals surface area contributed by atoms with Crippen molar-refractivity contribution in [2.24, 2.45) is 17.8 Å². The molecule has 4 aliphatic rings. The van der Waals surface area contributed by atoms with Crippen molar-refractivity contribution in [1.82, 2.24) is 10.2 Å². The number of fused-ring (bicyclic) bond motifs is 2. The number of esters is 1. The van der Waals surface area contributed by atoms with Gasteiger partial charge in [-0.2, -0.15) is 0 Å². The van der Waals surface area contributed by atoms with Crippen molar-refractivity contribution >= 4 is 51.0 Å². The Labute approximate surface area is 307 Å². The Morgan fingerprint density at radius 3 is 2.35 bits per heavy atom. The van der Waals surface area contributed by atoms with E-state index >= 15 is 4.79 Å². The molecule has 0 radical (unpaired) electrons. The number of likely N-dealkylation sites (tertiary alicyclic amines) is 1. The van der Waals surface area contributed by atoms with Gasteiger partial charge in [-0.05, 0) is 62.1 Å². The van der Waals surface area contributed by atoms with Crippen LogP contribution in [0.3, 0.4) is 0 Å². The van der Waals surface area contributed by atoms with Crippen LogP contribution in [0, 0.1) is 17.8 Å². The lowest BCUT2D eigenvalue weighted by Gasteiger charge is -2.40. The highest BCUT2D eigenvalue weighted by Crippen LogP contribution is 2.59. The Kier molecular flexibility index (Phi) is 11.0. The first kappa shape index (κ1) is 36.8. The number of aliphatic hydroxyl groups excluding tert-OH is 1. The van der Waals surface area contributed by atoms with E-state index in [2.05, 4.69) is 40.0 Å². The molecule has 5 bridgehead atoms. The third-order valence-corrected chi connectivity index (χ3v) is 11.3. The number of hydrogen-bond acceptors (Lipinski definition) is 8. The fraction of sp³-hybridized carbons (Fsp3) is 0.487. The summed E-state index contributed by atoms with van der Waals surface area (Å²) in [5.74, 6) is -3.93. The van der Waals surface area contributed by atoms with Crippen LogP contribution >= 0.6 is 15.9 Å². The number of cyclic esters (lactones) is 1.